The van der Waals surface area contributed by atoms with Gasteiger partial charge in [0.1, 0.15) is 0 Å². The van der Waals surface area contributed by atoms with Crippen molar-refractivity contribution in [3.05, 3.63) is 90.5 Å². The lowest BCUT2D eigenvalue weighted by molar-refractivity contribution is 1.15. The lowest BCUT2D eigenvalue weighted by atomic mass is 10.2. The molecule has 117 valence electrons. The molecule has 0 spiro atoms. The molecule has 0 aromatic heterocycles. The standard InChI is InChI=1S/C22H24P/c1-3-19-13-11-12-18-22(19)23(4-2,20-14-7-5-8-15-20)21-16-9-6-10-17-21/h5-18H,3-4H2,1-2H3. The maximum Gasteiger partial charge on any atom is -0.0165 e. The lowest BCUT2D eigenvalue weighted by Gasteiger charge is -2.39. The van der Waals surface area contributed by atoms with E-state index in [4.69, 9.17) is 0 Å². The quantitative estimate of drug-likeness (QED) is 0.605. The lowest BCUT2D eigenvalue weighted by Crippen LogP contribution is -2.34. The van der Waals surface area contributed by atoms with Crippen LogP contribution < -0.4 is 15.9 Å². The van der Waals surface area contributed by atoms with Gasteiger partial charge in [-0.05, 0) is 41.3 Å². The first kappa shape index (κ1) is 16.0. The van der Waals surface area contributed by atoms with Crippen molar-refractivity contribution >= 4 is 23.2 Å². The summed E-state index contributed by atoms with van der Waals surface area (Å²) in [4.78, 5) is 0. The molecular formula is C22H24P. The highest BCUT2D eigenvalue weighted by atomic mass is 31.2. The predicted octanol–water partition coefficient (Wildman–Crippen LogP) is 4.56. The summed E-state index contributed by atoms with van der Waals surface area (Å²) >= 11 is 0. The van der Waals surface area contributed by atoms with Crippen molar-refractivity contribution in [3.8, 4) is 0 Å². The van der Waals surface area contributed by atoms with Crippen molar-refractivity contribution < 1.29 is 0 Å². The number of hydrogen-bond donors (Lipinski definition) is 0. The smallest absolute Gasteiger partial charge is 0.0165 e. The Morgan fingerprint density at radius 3 is 1.57 bits per heavy atom. The van der Waals surface area contributed by atoms with Gasteiger partial charge in [-0.3, -0.25) is 0 Å². The Morgan fingerprint density at radius 2 is 1.09 bits per heavy atom. The first-order chi connectivity index (χ1) is 11.3. The fourth-order valence-corrected chi connectivity index (χ4v) is 7.86. The van der Waals surface area contributed by atoms with E-state index in [1.54, 1.807) is 5.30 Å². The molecule has 0 aliphatic heterocycles. The van der Waals surface area contributed by atoms with E-state index in [0.29, 0.717) is 0 Å². The Balaban J connectivity index is 2.34. The van der Waals surface area contributed by atoms with Gasteiger partial charge in [-0.1, -0.05) is 98.8 Å². The van der Waals surface area contributed by atoms with Crippen LogP contribution in [0.4, 0.5) is 0 Å². The maximum atomic E-state index is 2.36. The van der Waals surface area contributed by atoms with Crippen molar-refractivity contribution in [3.63, 3.8) is 0 Å². The molecule has 1 heteroatoms. The molecule has 3 aromatic rings. The molecule has 0 unspecified atom stereocenters. The molecule has 0 amide bonds. The highest BCUT2D eigenvalue weighted by molar-refractivity contribution is 7.95. The summed E-state index contributed by atoms with van der Waals surface area (Å²) in [5.41, 5.74) is 1.48. The zero-order valence-electron chi connectivity index (χ0n) is 13.9. The number of benzene rings is 3. The van der Waals surface area contributed by atoms with Crippen LogP contribution in [0.2, 0.25) is 0 Å². The van der Waals surface area contributed by atoms with E-state index in [0.717, 1.165) is 12.6 Å². The molecule has 0 saturated heterocycles. The summed E-state index contributed by atoms with van der Waals surface area (Å²) in [6.45, 7) is 4.61. The minimum Gasteiger partial charge on any atom is -0.0622 e. The van der Waals surface area contributed by atoms with Gasteiger partial charge in [0.05, 0.1) is 0 Å². The van der Waals surface area contributed by atoms with Crippen LogP contribution >= 0.6 is 7.26 Å². The normalized spacial score (nSPS) is 11.4. The highest BCUT2D eigenvalue weighted by Gasteiger charge is 2.33. The monoisotopic (exact) mass is 319 g/mol. The maximum absolute atomic E-state index is 2.36. The Labute approximate surface area is 140 Å². The first-order valence-corrected chi connectivity index (χ1v) is 10.4. The molecule has 0 bridgehead atoms. The van der Waals surface area contributed by atoms with Crippen LogP contribution in [0.15, 0.2) is 84.9 Å². The predicted molar refractivity (Wildman–Crippen MR) is 105 cm³/mol. The van der Waals surface area contributed by atoms with E-state index in [1.807, 2.05) is 0 Å². The van der Waals surface area contributed by atoms with Gasteiger partial charge in [0, 0.05) is 0 Å². The molecule has 1 radical (unpaired) electrons. The van der Waals surface area contributed by atoms with Gasteiger partial charge in [-0.2, -0.15) is 0 Å². The molecule has 0 heterocycles. The Bertz CT molecular complexity index is 708. The van der Waals surface area contributed by atoms with Crippen molar-refractivity contribution in [2.45, 2.75) is 20.3 Å². The molecule has 0 fully saturated rings. The minimum atomic E-state index is -1.59. The molecular weight excluding hydrogens is 295 g/mol. The van der Waals surface area contributed by atoms with E-state index in [2.05, 4.69) is 98.8 Å². The number of rotatable bonds is 5. The second-order valence-corrected chi connectivity index (χ2v) is 9.55. The number of hydrogen-bond acceptors (Lipinski definition) is 0. The summed E-state index contributed by atoms with van der Waals surface area (Å²) in [7, 11) is -1.59. The van der Waals surface area contributed by atoms with E-state index in [9.17, 15) is 0 Å². The van der Waals surface area contributed by atoms with Gasteiger partial charge >= 0.3 is 0 Å². The van der Waals surface area contributed by atoms with Crippen molar-refractivity contribution in [1.82, 2.24) is 0 Å². The van der Waals surface area contributed by atoms with Gasteiger partial charge in [0.15, 0.2) is 0 Å². The summed E-state index contributed by atoms with van der Waals surface area (Å²) < 4.78 is 0. The second-order valence-electron chi connectivity index (χ2n) is 5.78. The van der Waals surface area contributed by atoms with Crippen LogP contribution in [-0.4, -0.2) is 6.16 Å². The third-order valence-electron chi connectivity index (χ3n) is 4.65. The van der Waals surface area contributed by atoms with Gasteiger partial charge in [0.25, 0.3) is 0 Å². The van der Waals surface area contributed by atoms with Crippen LogP contribution in [0.1, 0.15) is 19.4 Å². The topological polar surface area (TPSA) is 0 Å². The fourth-order valence-electron chi connectivity index (χ4n) is 3.51. The highest BCUT2D eigenvalue weighted by Crippen LogP contribution is 2.55. The molecule has 23 heavy (non-hydrogen) atoms. The fraction of sp³-hybridized carbons (Fsp3) is 0.182. The average molecular weight is 319 g/mol. The molecule has 0 atom stereocenters. The minimum absolute atomic E-state index is 1.08. The van der Waals surface area contributed by atoms with Crippen LogP contribution in [0.3, 0.4) is 0 Å². The zero-order valence-corrected chi connectivity index (χ0v) is 14.8. The SMILES string of the molecule is CCc1ccccc1[P](CC)(c1ccccc1)c1ccccc1. The third kappa shape index (κ3) is 2.84. The number of aryl methyl sites for hydroxylation is 1. The first-order valence-electron chi connectivity index (χ1n) is 8.40. The van der Waals surface area contributed by atoms with Crippen molar-refractivity contribution in [1.29, 1.82) is 0 Å². The second kappa shape index (κ2) is 7.11. The van der Waals surface area contributed by atoms with Crippen molar-refractivity contribution in [2.24, 2.45) is 0 Å². The van der Waals surface area contributed by atoms with Gasteiger partial charge in [-0.15, -0.1) is 0 Å². The zero-order chi connectivity index (χ0) is 16.1. The van der Waals surface area contributed by atoms with E-state index in [-0.39, 0.29) is 0 Å². The summed E-state index contributed by atoms with van der Waals surface area (Å²) in [6.07, 6.45) is 2.23. The summed E-state index contributed by atoms with van der Waals surface area (Å²) in [5.74, 6) is 0. The molecule has 0 nitrogen and oxygen atoms in total. The average Bonchev–Trinajstić information content (AvgIpc) is 2.65. The molecule has 0 aliphatic rings. The third-order valence-corrected chi connectivity index (χ3v) is 9.22. The summed E-state index contributed by atoms with van der Waals surface area (Å²) in [5, 5.41) is 4.51. The van der Waals surface area contributed by atoms with Crippen molar-refractivity contribution in [2.75, 3.05) is 6.16 Å². The molecule has 3 aromatic carbocycles. The van der Waals surface area contributed by atoms with E-state index >= 15 is 0 Å². The van der Waals surface area contributed by atoms with Gasteiger partial charge in [0.2, 0.25) is 0 Å². The Kier molecular flexibility index (Phi) is 4.94. The van der Waals surface area contributed by atoms with E-state index in [1.165, 1.54) is 16.2 Å². The molecule has 0 N–H and O–H groups in total. The Morgan fingerprint density at radius 1 is 0.609 bits per heavy atom. The van der Waals surface area contributed by atoms with Crippen LogP contribution in [-0.2, 0) is 6.42 Å². The molecule has 3 rings (SSSR count). The van der Waals surface area contributed by atoms with E-state index < -0.39 is 7.26 Å². The van der Waals surface area contributed by atoms with Gasteiger partial charge in [-0.25, -0.2) is 0 Å². The molecule has 0 saturated carbocycles. The van der Waals surface area contributed by atoms with Gasteiger partial charge < -0.3 is 0 Å². The Hall–Kier alpha value is -1.91. The van der Waals surface area contributed by atoms with Crippen LogP contribution in [0, 0.1) is 0 Å². The largest absolute Gasteiger partial charge is 0.0622 e. The molecule has 0 aliphatic carbocycles. The van der Waals surface area contributed by atoms with Crippen LogP contribution in [0.25, 0.3) is 0 Å². The summed E-state index contributed by atoms with van der Waals surface area (Å²) in [6, 6.07) is 31.2. The van der Waals surface area contributed by atoms with Crippen LogP contribution in [0.5, 0.6) is 0 Å².